The van der Waals surface area contributed by atoms with E-state index in [4.69, 9.17) is 17.3 Å². The lowest BCUT2D eigenvalue weighted by molar-refractivity contribution is 0.270. The van der Waals surface area contributed by atoms with Crippen LogP contribution in [0.4, 0.5) is 5.69 Å². The molecule has 0 aliphatic carbocycles. The number of nitrogens with zero attached hydrogens (tertiary/aromatic N) is 3. The van der Waals surface area contributed by atoms with E-state index in [2.05, 4.69) is 21.8 Å². The number of pyridine rings is 1. The number of anilines is 1. The highest BCUT2D eigenvalue weighted by molar-refractivity contribution is 6.33. The second kappa shape index (κ2) is 4.99. The number of hydrogen-bond acceptors (Lipinski definition) is 4. The van der Waals surface area contributed by atoms with Crippen molar-refractivity contribution in [2.24, 2.45) is 5.73 Å². The van der Waals surface area contributed by atoms with Gasteiger partial charge < -0.3 is 15.5 Å². The first-order chi connectivity index (χ1) is 7.72. The van der Waals surface area contributed by atoms with E-state index >= 15 is 0 Å². The molecule has 1 atom stereocenters. The van der Waals surface area contributed by atoms with Crippen LogP contribution in [0, 0.1) is 0 Å². The van der Waals surface area contributed by atoms with E-state index in [-0.39, 0.29) is 0 Å². The van der Waals surface area contributed by atoms with Gasteiger partial charge in [0.2, 0.25) is 0 Å². The summed E-state index contributed by atoms with van der Waals surface area (Å²) < 4.78 is 0. The molecule has 0 radical (unpaired) electrons. The minimum Gasteiger partial charge on any atom is -0.363 e. The van der Waals surface area contributed by atoms with E-state index < -0.39 is 0 Å². The van der Waals surface area contributed by atoms with Crippen LogP contribution >= 0.6 is 11.6 Å². The van der Waals surface area contributed by atoms with E-state index in [0.29, 0.717) is 17.6 Å². The van der Waals surface area contributed by atoms with Gasteiger partial charge >= 0.3 is 0 Å². The minimum absolute atomic E-state index is 0.332. The molecule has 16 heavy (non-hydrogen) atoms. The standard InChI is InChI=1S/C11H17ClN4/c1-15-4-5-16(9(6-13)8-15)11-2-3-14-7-10(11)12/h2-3,7,9H,4-6,8,13H2,1H3. The van der Waals surface area contributed by atoms with Crippen molar-refractivity contribution < 1.29 is 0 Å². The van der Waals surface area contributed by atoms with Gasteiger partial charge in [0, 0.05) is 38.6 Å². The summed E-state index contributed by atoms with van der Waals surface area (Å²) in [5.74, 6) is 0. The number of rotatable bonds is 2. The quantitative estimate of drug-likeness (QED) is 0.831. The lowest BCUT2D eigenvalue weighted by Gasteiger charge is -2.41. The highest BCUT2D eigenvalue weighted by atomic mass is 35.5. The lowest BCUT2D eigenvalue weighted by Crippen LogP contribution is -2.55. The van der Waals surface area contributed by atoms with Gasteiger partial charge in [-0.15, -0.1) is 0 Å². The number of likely N-dealkylation sites (N-methyl/N-ethyl adjacent to an activating group) is 1. The van der Waals surface area contributed by atoms with Gasteiger partial charge in [-0.3, -0.25) is 4.98 Å². The predicted molar refractivity (Wildman–Crippen MR) is 66.9 cm³/mol. The molecule has 88 valence electrons. The summed E-state index contributed by atoms with van der Waals surface area (Å²) >= 11 is 6.16. The lowest BCUT2D eigenvalue weighted by atomic mass is 10.1. The summed E-state index contributed by atoms with van der Waals surface area (Å²) in [5, 5.41) is 0.700. The molecule has 0 spiro atoms. The van der Waals surface area contributed by atoms with Crippen molar-refractivity contribution in [3.8, 4) is 0 Å². The molecule has 1 saturated heterocycles. The summed E-state index contributed by atoms with van der Waals surface area (Å²) in [7, 11) is 2.12. The van der Waals surface area contributed by atoms with Crippen LogP contribution in [0.3, 0.4) is 0 Å². The maximum Gasteiger partial charge on any atom is 0.0822 e. The molecular weight excluding hydrogens is 224 g/mol. The van der Waals surface area contributed by atoms with Gasteiger partial charge in [-0.1, -0.05) is 11.6 Å². The summed E-state index contributed by atoms with van der Waals surface area (Å²) in [6.07, 6.45) is 3.45. The van der Waals surface area contributed by atoms with Crippen LogP contribution in [-0.2, 0) is 0 Å². The van der Waals surface area contributed by atoms with Crippen LogP contribution in [-0.4, -0.2) is 49.2 Å². The second-order valence-corrected chi connectivity index (χ2v) is 4.58. The molecular formula is C11H17ClN4. The molecule has 4 nitrogen and oxygen atoms in total. The number of aromatic nitrogens is 1. The molecule has 0 aromatic carbocycles. The maximum absolute atomic E-state index is 6.16. The van der Waals surface area contributed by atoms with E-state index in [9.17, 15) is 0 Å². The van der Waals surface area contributed by atoms with Crippen LogP contribution in [0.15, 0.2) is 18.5 Å². The molecule has 5 heteroatoms. The van der Waals surface area contributed by atoms with Crippen LogP contribution in [0.1, 0.15) is 0 Å². The Morgan fingerprint density at radius 1 is 1.56 bits per heavy atom. The Labute approximate surface area is 101 Å². The molecule has 1 aromatic heterocycles. The molecule has 1 fully saturated rings. The van der Waals surface area contributed by atoms with Crippen LogP contribution < -0.4 is 10.6 Å². The van der Waals surface area contributed by atoms with Crippen molar-refractivity contribution in [1.29, 1.82) is 0 Å². The van der Waals surface area contributed by atoms with Crippen molar-refractivity contribution in [3.63, 3.8) is 0 Å². The largest absolute Gasteiger partial charge is 0.363 e. The normalized spacial score (nSPS) is 22.4. The average molecular weight is 241 g/mol. The van der Waals surface area contributed by atoms with E-state index in [1.807, 2.05) is 6.07 Å². The zero-order valence-corrected chi connectivity index (χ0v) is 10.2. The Morgan fingerprint density at radius 3 is 3.06 bits per heavy atom. The molecule has 2 N–H and O–H groups in total. The van der Waals surface area contributed by atoms with Crippen molar-refractivity contribution >= 4 is 17.3 Å². The first-order valence-electron chi connectivity index (χ1n) is 5.47. The SMILES string of the molecule is CN1CCN(c2ccncc2Cl)C(CN)C1. The third-order valence-corrected chi connectivity index (χ3v) is 3.31. The zero-order valence-electron chi connectivity index (χ0n) is 9.43. The van der Waals surface area contributed by atoms with Gasteiger partial charge in [0.25, 0.3) is 0 Å². The molecule has 1 aliphatic rings. The van der Waals surface area contributed by atoms with Crippen LogP contribution in [0.2, 0.25) is 5.02 Å². The monoisotopic (exact) mass is 240 g/mol. The third-order valence-electron chi connectivity index (χ3n) is 3.02. The van der Waals surface area contributed by atoms with Crippen molar-refractivity contribution in [1.82, 2.24) is 9.88 Å². The number of hydrogen-bond donors (Lipinski definition) is 1. The molecule has 0 amide bonds. The van der Waals surface area contributed by atoms with Gasteiger partial charge in [-0.05, 0) is 13.1 Å². The van der Waals surface area contributed by atoms with Crippen molar-refractivity contribution in [3.05, 3.63) is 23.5 Å². The smallest absolute Gasteiger partial charge is 0.0822 e. The third kappa shape index (κ3) is 2.29. The highest BCUT2D eigenvalue weighted by Crippen LogP contribution is 2.27. The summed E-state index contributed by atoms with van der Waals surface area (Å²) in [6.45, 7) is 3.62. The van der Waals surface area contributed by atoms with E-state index in [1.54, 1.807) is 12.4 Å². The number of nitrogens with two attached hydrogens (primary N) is 1. The maximum atomic E-state index is 6.16. The molecule has 2 rings (SSSR count). The molecule has 0 bridgehead atoms. The van der Waals surface area contributed by atoms with Gasteiger partial charge in [0.05, 0.1) is 16.8 Å². The summed E-state index contributed by atoms with van der Waals surface area (Å²) in [4.78, 5) is 8.58. The molecule has 2 heterocycles. The second-order valence-electron chi connectivity index (χ2n) is 4.17. The molecule has 0 saturated carbocycles. The van der Waals surface area contributed by atoms with Crippen molar-refractivity contribution in [2.45, 2.75) is 6.04 Å². The van der Waals surface area contributed by atoms with Crippen molar-refractivity contribution in [2.75, 3.05) is 38.1 Å². The first-order valence-corrected chi connectivity index (χ1v) is 5.85. The first kappa shape index (κ1) is 11.6. The Kier molecular flexibility index (Phi) is 3.63. The molecule has 1 aliphatic heterocycles. The van der Waals surface area contributed by atoms with Crippen LogP contribution in [0.5, 0.6) is 0 Å². The highest BCUT2D eigenvalue weighted by Gasteiger charge is 2.25. The summed E-state index contributed by atoms with van der Waals surface area (Å²) in [6, 6.07) is 2.29. The fourth-order valence-electron chi connectivity index (χ4n) is 2.13. The number of piperazine rings is 1. The van der Waals surface area contributed by atoms with Gasteiger partial charge in [-0.25, -0.2) is 0 Å². The van der Waals surface area contributed by atoms with Gasteiger partial charge in [-0.2, -0.15) is 0 Å². The Hall–Kier alpha value is -0.840. The number of halogens is 1. The van der Waals surface area contributed by atoms with Gasteiger partial charge in [0.15, 0.2) is 0 Å². The Morgan fingerprint density at radius 2 is 2.38 bits per heavy atom. The predicted octanol–water partition coefficient (Wildman–Crippen LogP) is 0.814. The fourth-order valence-corrected chi connectivity index (χ4v) is 2.36. The summed E-state index contributed by atoms with van der Waals surface area (Å²) in [5.41, 5.74) is 6.86. The molecule has 1 unspecified atom stereocenters. The topological polar surface area (TPSA) is 45.4 Å². The fraction of sp³-hybridized carbons (Fsp3) is 0.545. The Bertz CT molecular complexity index is 358. The van der Waals surface area contributed by atoms with Crippen LogP contribution in [0.25, 0.3) is 0 Å². The van der Waals surface area contributed by atoms with E-state index in [0.717, 1.165) is 25.3 Å². The Balaban J connectivity index is 2.22. The zero-order chi connectivity index (χ0) is 11.5. The van der Waals surface area contributed by atoms with Gasteiger partial charge in [0.1, 0.15) is 0 Å². The van der Waals surface area contributed by atoms with E-state index in [1.165, 1.54) is 0 Å². The average Bonchev–Trinajstić information content (AvgIpc) is 2.30. The molecule has 1 aromatic rings. The minimum atomic E-state index is 0.332.